The topological polar surface area (TPSA) is 49.9 Å². The molecule has 0 radical (unpaired) electrons. The molecule has 1 saturated carbocycles. The van der Waals surface area contributed by atoms with Crippen LogP contribution in [-0.2, 0) is 0 Å². The van der Waals surface area contributed by atoms with Crippen LogP contribution in [-0.4, -0.2) is 11.1 Å². The number of hydrogen-bond donors (Lipinski definition) is 2. The Labute approximate surface area is 94.8 Å². The second kappa shape index (κ2) is 4.71. The van der Waals surface area contributed by atoms with Crippen molar-refractivity contribution in [1.82, 2.24) is 0 Å². The van der Waals surface area contributed by atoms with Crippen molar-refractivity contribution in [1.29, 1.82) is 5.41 Å². The van der Waals surface area contributed by atoms with E-state index in [9.17, 15) is 0 Å². The third-order valence-corrected chi connectivity index (χ3v) is 4.19. The second-order valence-corrected chi connectivity index (χ2v) is 5.28. The van der Waals surface area contributed by atoms with Gasteiger partial charge in [-0.2, -0.15) is 0 Å². The number of rotatable bonds is 3. The van der Waals surface area contributed by atoms with E-state index in [0.29, 0.717) is 0 Å². The van der Waals surface area contributed by atoms with Crippen LogP contribution in [0.1, 0.15) is 31.2 Å². The molecule has 1 fully saturated rings. The van der Waals surface area contributed by atoms with Crippen LogP contribution in [0.5, 0.6) is 0 Å². The molecule has 80 valence electrons. The summed E-state index contributed by atoms with van der Waals surface area (Å²) in [6, 6.07) is 7.96. The smallest absolute Gasteiger partial charge is 0.123 e. The first-order chi connectivity index (χ1) is 7.27. The molecule has 15 heavy (non-hydrogen) atoms. The van der Waals surface area contributed by atoms with E-state index in [1.165, 1.54) is 25.7 Å². The van der Waals surface area contributed by atoms with E-state index in [0.717, 1.165) is 15.7 Å². The van der Waals surface area contributed by atoms with Crippen LogP contribution < -0.4 is 5.73 Å². The molecular weight excluding hydrogens is 204 g/mol. The first-order valence-electron chi connectivity index (χ1n) is 5.37. The van der Waals surface area contributed by atoms with E-state index in [1.54, 1.807) is 0 Å². The lowest BCUT2D eigenvalue weighted by atomic mass is 10.2. The maximum Gasteiger partial charge on any atom is 0.123 e. The SMILES string of the molecule is N=C(N)c1ccccc1SC1CCCC1. The third kappa shape index (κ3) is 2.53. The number of thioether (sulfide) groups is 1. The van der Waals surface area contributed by atoms with Gasteiger partial charge in [-0.15, -0.1) is 11.8 Å². The van der Waals surface area contributed by atoms with Gasteiger partial charge in [0.25, 0.3) is 0 Å². The number of amidine groups is 1. The molecule has 1 aromatic rings. The lowest BCUT2D eigenvalue weighted by molar-refractivity contribution is 0.886. The van der Waals surface area contributed by atoms with Crippen molar-refractivity contribution in [2.45, 2.75) is 35.8 Å². The summed E-state index contributed by atoms with van der Waals surface area (Å²) in [5.41, 5.74) is 6.44. The van der Waals surface area contributed by atoms with E-state index in [1.807, 2.05) is 30.0 Å². The molecule has 0 spiro atoms. The van der Waals surface area contributed by atoms with Gasteiger partial charge in [0.1, 0.15) is 5.84 Å². The second-order valence-electron chi connectivity index (χ2n) is 3.93. The zero-order valence-corrected chi connectivity index (χ0v) is 9.52. The highest BCUT2D eigenvalue weighted by atomic mass is 32.2. The molecular formula is C12H16N2S. The minimum Gasteiger partial charge on any atom is -0.384 e. The minimum absolute atomic E-state index is 0.177. The summed E-state index contributed by atoms with van der Waals surface area (Å²) < 4.78 is 0. The Morgan fingerprint density at radius 2 is 1.93 bits per heavy atom. The zero-order valence-electron chi connectivity index (χ0n) is 8.70. The largest absolute Gasteiger partial charge is 0.384 e. The molecule has 0 unspecified atom stereocenters. The highest BCUT2D eigenvalue weighted by Gasteiger charge is 2.17. The Morgan fingerprint density at radius 1 is 1.27 bits per heavy atom. The van der Waals surface area contributed by atoms with Gasteiger partial charge in [0.05, 0.1) is 0 Å². The summed E-state index contributed by atoms with van der Waals surface area (Å²) in [5, 5.41) is 8.24. The van der Waals surface area contributed by atoms with Crippen LogP contribution in [0, 0.1) is 5.41 Å². The van der Waals surface area contributed by atoms with Gasteiger partial charge < -0.3 is 5.73 Å². The van der Waals surface area contributed by atoms with Crippen LogP contribution >= 0.6 is 11.8 Å². The van der Waals surface area contributed by atoms with E-state index < -0.39 is 0 Å². The molecule has 1 aliphatic rings. The summed E-state index contributed by atoms with van der Waals surface area (Å²) >= 11 is 1.89. The predicted octanol–water partition coefficient (Wildman–Crippen LogP) is 3.01. The fraction of sp³-hybridized carbons (Fsp3) is 0.417. The van der Waals surface area contributed by atoms with Crippen molar-refractivity contribution in [3.8, 4) is 0 Å². The molecule has 0 aliphatic heterocycles. The van der Waals surface area contributed by atoms with Gasteiger partial charge in [0, 0.05) is 15.7 Å². The standard InChI is InChI=1S/C12H16N2S/c13-12(14)10-7-3-4-8-11(10)15-9-5-1-2-6-9/h3-4,7-9H,1-2,5-6H2,(H3,13,14). The molecule has 2 nitrogen and oxygen atoms in total. The fourth-order valence-corrected chi connectivity index (χ4v) is 3.37. The van der Waals surface area contributed by atoms with E-state index >= 15 is 0 Å². The summed E-state index contributed by atoms with van der Waals surface area (Å²) in [5.74, 6) is 0.177. The number of benzene rings is 1. The van der Waals surface area contributed by atoms with E-state index in [4.69, 9.17) is 11.1 Å². The average Bonchev–Trinajstić information content (AvgIpc) is 2.71. The van der Waals surface area contributed by atoms with Crippen molar-refractivity contribution in [3.63, 3.8) is 0 Å². The molecule has 0 atom stereocenters. The third-order valence-electron chi connectivity index (χ3n) is 2.77. The lowest BCUT2D eigenvalue weighted by Crippen LogP contribution is -2.12. The first kappa shape index (κ1) is 10.6. The molecule has 3 heteroatoms. The quantitative estimate of drug-likeness (QED) is 0.607. The molecule has 1 aromatic carbocycles. The zero-order chi connectivity index (χ0) is 10.7. The van der Waals surface area contributed by atoms with Gasteiger partial charge in [-0.3, -0.25) is 5.41 Å². The molecule has 2 rings (SSSR count). The minimum atomic E-state index is 0.177. The monoisotopic (exact) mass is 220 g/mol. The van der Waals surface area contributed by atoms with Crippen LogP contribution in [0.15, 0.2) is 29.2 Å². The van der Waals surface area contributed by atoms with Crippen molar-refractivity contribution in [2.24, 2.45) is 5.73 Å². The number of nitrogens with two attached hydrogens (primary N) is 1. The van der Waals surface area contributed by atoms with Crippen molar-refractivity contribution in [3.05, 3.63) is 29.8 Å². The lowest BCUT2D eigenvalue weighted by Gasteiger charge is -2.11. The van der Waals surface area contributed by atoms with Gasteiger partial charge >= 0.3 is 0 Å². The molecule has 0 saturated heterocycles. The van der Waals surface area contributed by atoms with E-state index in [-0.39, 0.29) is 5.84 Å². The Morgan fingerprint density at radius 3 is 2.60 bits per heavy atom. The van der Waals surface area contributed by atoms with Crippen LogP contribution in [0.25, 0.3) is 0 Å². The van der Waals surface area contributed by atoms with Crippen molar-refractivity contribution in [2.75, 3.05) is 0 Å². The number of nitrogen functional groups attached to an aromatic ring is 1. The molecule has 3 N–H and O–H groups in total. The van der Waals surface area contributed by atoms with Crippen LogP contribution in [0.2, 0.25) is 0 Å². The Bertz CT molecular complexity index is 356. The Hall–Kier alpha value is -0.960. The molecule has 0 amide bonds. The molecule has 0 heterocycles. The highest BCUT2D eigenvalue weighted by molar-refractivity contribution is 8.00. The van der Waals surface area contributed by atoms with Gasteiger partial charge in [-0.05, 0) is 18.9 Å². The predicted molar refractivity (Wildman–Crippen MR) is 65.6 cm³/mol. The van der Waals surface area contributed by atoms with Crippen LogP contribution in [0.3, 0.4) is 0 Å². The normalized spacial score (nSPS) is 16.8. The average molecular weight is 220 g/mol. The highest BCUT2D eigenvalue weighted by Crippen LogP contribution is 2.35. The maximum atomic E-state index is 7.51. The summed E-state index contributed by atoms with van der Waals surface area (Å²) in [7, 11) is 0. The number of hydrogen-bond acceptors (Lipinski definition) is 2. The summed E-state index contributed by atoms with van der Waals surface area (Å²) in [6.07, 6.45) is 5.30. The van der Waals surface area contributed by atoms with E-state index in [2.05, 4.69) is 6.07 Å². The first-order valence-corrected chi connectivity index (χ1v) is 6.25. The van der Waals surface area contributed by atoms with Gasteiger partial charge in [0.2, 0.25) is 0 Å². The molecule has 0 bridgehead atoms. The van der Waals surface area contributed by atoms with Crippen molar-refractivity contribution < 1.29 is 0 Å². The number of nitrogens with one attached hydrogen (secondary N) is 1. The summed E-state index contributed by atoms with van der Waals surface area (Å²) in [6.45, 7) is 0. The van der Waals surface area contributed by atoms with Gasteiger partial charge in [-0.25, -0.2) is 0 Å². The summed E-state index contributed by atoms with van der Waals surface area (Å²) in [4.78, 5) is 1.16. The van der Waals surface area contributed by atoms with Crippen LogP contribution in [0.4, 0.5) is 0 Å². The van der Waals surface area contributed by atoms with Crippen molar-refractivity contribution >= 4 is 17.6 Å². The molecule has 0 aromatic heterocycles. The Balaban J connectivity index is 2.15. The Kier molecular flexibility index (Phi) is 3.31. The fourth-order valence-electron chi connectivity index (χ4n) is 1.98. The van der Waals surface area contributed by atoms with Gasteiger partial charge in [-0.1, -0.05) is 31.0 Å². The maximum absolute atomic E-state index is 7.51. The van der Waals surface area contributed by atoms with Gasteiger partial charge in [0.15, 0.2) is 0 Å². The molecule has 1 aliphatic carbocycles.